The molecule has 0 unspecified atom stereocenters. The first-order chi connectivity index (χ1) is 24.6. The van der Waals surface area contributed by atoms with Gasteiger partial charge < -0.3 is 109 Å². The predicted molar refractivity (Wildman–Crippen MR) is 157 cm³/mol. The van der Waals surface area contributed by atoms with Crippen LogP contribution in [0.15, 0.2) is 0 Å². The standard InChI is InChI=1S/C28H47NO23/c1-43-23(41)21-10(33)9(32)13(36)27(51-21)48-19-8(6-31)47-26(15(38)12(19)35)50-20-16(39)22(24(42)44-2)52-28(17(20)40)49-18-7(5-30)46-25(45-4-3-29)14(37)11(18)34/h7-22,25-28,30-40H,3-6,29H2,1-2H3/t7-,8-,9+,10+,11-,12-,13-,14-,15-,16+,17-,18-,19-,20+,21+,22+,25-,26+,27-,28-/m1/s1. The highest BCUT2D eigenvalue weighted by molar-refractivity contribution is 5.76. The van der Waals surface area contributed by atoms with Crippen molar-refractivity contribution in [3.63, 3.8) is 0 Å². The first kappa shape index (κ1) is 42.9. The summed E-state index contributed by atoms with van der Waals surface area (Å²) in [4.78, 5) is 24.6. The zero-order valence-electron chi connectivity index (χ0n) is 27.8. The van der Waals surface area contributed by atoms with E-state index in [1.54, 1.807) is 0 Å². The topological polar surface area (TPSA) is 375 Å². The average Bonchev–Trinajstić information content (AvgIpc) is 3.14. The van der Waals surface area contributed by atoms with Gasteiger partial charge in [0.25, 0.3) is 0 Å². The number of aliphatic hydroxyl groups excluding tert-OH is 11. The summed E-state index contributed by atoms with van der Waals surface area (Å²) in [5, 5.41) is 116. The SMILES string of the molecule is COC(=O)[C@H]1O[C@@H](O[C@H]2[C@H](O)[C@@H](O)[C@H](O[C@@H]3[C@@H](O)[C@H](O[C@H]4[C@H](O)[C@@H](O)[C@H](OCCN)O[C@@H]4CO)O[C@H](C(=O)OC)[C@H]3O)O[C@@H]2CO)[C@H](O)[C@@H](O)[C@@H]1O. The maximum Gasteiger partial charge on any atom is 0.337 e. The molecule has 24 nitrogen and oxygen atoms in total. The maximum absolute atomic E-state index is 12.6. The molecule has 0 amide bonds. The van der Waals surface area contributed by atoms with E-state index in [0.717, 1.165) is 14.2 Å². The lowest BCUT2D eigenvalue weighted by Crippen LogP contribution is -2.68. The van der Waals surface area contributed by atoms with Gasteiger partial charge in [0.2, 0.25) is 0 Å². The van der Waals surface area contributed by atoms with Gasteiger partial charge in [-0.05, 0) is 0 Å². The molecule has 0 saturated carbocycles. The van der Waals surface area contributed by atoms with Crippen LogP contribution in [0.2, 0.25) is 0 Å². The first-order valence-electron chi connectivity index (χ1n) is 16.0. The van der Waals surface area contributed by atoms with Crippen LogP contribution < -0.4 is 5.73 Å². The van der Waals surface area contributed by atoms with Gasteiger partial charge in [-0.3, -0.25) is 0 Å². The van der Waals surface area contributed by atoms with Crippen LogP contribution in [0.3, 0.4) is 0 Å². The molecule has 0 aromatic heterocycles. The lowest BCUT2D eigenvalue weighted by atomic mass is 9.95. The van der Waals surface area contributed by atoms with Crippen LogP contribution in [-0.2, 0) is 57.0 Å². The highest BCUT2D eigenvalue weighted by Gasteiger charge is 2.57. The van der Waals surface area contributed by atoms with Gasteiger partial charge in [-0.1, -0.05) is 0 Å². The molecular weight excluding hydrogens is 718 g/mol. The van der Waals surface area contributed by atoms with Gasteiger partial charge in [-0.15, -0.1) is 0 Å². The first-order valence-corrected chi connectivity index (χ1v) is 16.0. The third-order valence-electron chi connectivity index (χ3n) is 8.89. The van der Waals surface area contributed by atoms with E-state index in [1.165, 1.54) is 0 Å². The predicted octanol–water partition coefficient (Wildman–Crippen LogP) is -9.40. The fourth-order valence-electron chi connectivity index (χ4n) is 6.03. The Bertz CT molecular complexity index is 1150. The minimum absolute atomic E-state index is 0.0287. The van der Waals surface area contributed by atoms with Crippen LogP contribution >= 0.6 is 0 Å². The van der Waals surface area contributed by atoms with E-state index in [9.17, 15) is 65.8 Å². The number of rotatable bonds is 13. The smallest absolute Gasteiger partial charge is 0.337 e. The van der Waals surface area contributed by atoms with Crippen LogP contribution in [0, 0.1) is 0 Å². The fourth-order valence-corrected chi connectivity index (χ4v) is 6.03. The molecule has 4 aliphatic rings. The van der Waals surface area contributed by atoms with Gasteiger partial charge in [-0.25, -0.2) is 9.59 Å². The fraction of sp³-hybridized carbons (Fsp3) is 0.929. The Balaban J connectivity index is 1.52. The van der Waals surface area contributed by atoms with Crippen molar-refractivity contribution in [2.24, 2.45) is 5.73 Å². The van der Waals surface area contributed by atoms with Gasteiger partial charge in [0.05, 0.1) is 34.0 Å². The van der Waals surface area contributed by atoms with E-state index in [-0.39, 0.29) is 13.2 Å². The van der Waals surface area contributed by atoms with Crippen molar-refractivity contribution in [3.8, 4) is 0 Å². The molecule has 0 bridgehead atoms. The van der Waals surface area contributed by atoms with Crippen molar-refractivity contribution in [2.45, 2.75) is 123 Å². The van der Waals surface area contributed by atoms with Gasteiger partial charge in [-0.2, -0.15) is 0 Å². The number of aliphatic hydroxyl groups is 11. The Morgan fingerprint density at radius 3 is 1.40 bits per heavy atom. The summed E-state index contributed by atoms with van der Waals surface area (Å²) in [5.41, 5.74) is 5.39. The molecule has 4 heterocycles. The molecule has 0 aromatic rings. The molecule has 0 radical (unpaired) electrons. The molecular formula is C28H47NO23. The van der Waals surface area contributed by atoms with Crippen molar-refractivity contribution in [2.75, 3.05) is 40.6 Å². The summed E-state index contributed by atoms with van der Waals surface area (Å²) in [7, 11) is 1.89. The summed E-state index contributed by atoms with van der Waals surface area (Å²) in [6.45, 7) is -1.87. The maximum atomic E-state index is 12.6. The number of carbonyl (C=O) groups is 2. The van der Waals surface area contributed by atoms with E-state index < -0.39 is 148 Å². The van der Waals surface area contributed by atoms with E-state index in [2.05, 4.69) is 9.47 Å². The molecule has 24 heteroatoms. The molecule has 302 valence electrons. The molecule has 0 spiro atoms. The minimum Gasteiger partial charge on any atom is -0.467 e. The highest BCUT2D eigenvalue weighted by atomic mass is 16.8. The van der Waals surface area contributed by atoms with E-state index >= 15 is 0 Å². The number of ether oxygens (including phenoxy) is 10. The number of carbonyl (C=O) groups excluding carboxylic acids is 2. The molecule has 0 aromatic carbocycles. The van der Waals surface area contributed by atoms with Crippen molar-refractivity contribution in [3.05, 3.63) is 0 Å². The summed E-state index contributed by atoms with van der Waals surface area (Å²) >= 11 is 0. The Kier molecular flexibility index (Phi) is 15.4. The number of methoxy groups -OCH3 is 2. The normalized spacial score (nSPS) is 47.1. The van der Waals surface area contributed by atoms with Gasteiger partial charge in [0, 0.05) is 6.54 Å². The summed E-state index contributed by atoms with van der Waals surface area (Å²) < 4.78 is 52.9. The third kappa shape index (κ3) is 8.82. The number of esters is 2. The summed E-state index contributed by atoms with van der Waals surface area (Å²) in [6, 6.07) is 0. The molecule has 4 saturated heterocycles. The molecule has 4 aliphatic heterocycles. The second-order valence-corrected chi connectivity index (χ2v) is 12.2. The molecule has 0 aliphatic carbocycles. The molecule has 4 fully saturated rings. The average molecular weight is 766 g/mol. The lowest BCUT2D eigenvalue weighted by molar-refractivity contribution is -0.385. The van der Waals surface area contributed by atoms with Crippen LogP contribution in [0.1, 0.15) is 0 Å². The van der Waals surface area contributed by atoms with Gasteiger partial charge in [0.1, 0.15) is 85.5 Å². The van der Waals surface area contributed by atoms with Gasteiger partial charge in [0.15, 0.2) is 37.4 Å². The molecule has 52 heavy (non-hydrogen) atoms. The number of hydrogen-bond acceptors (Lipinski definition) is 24. The molecule has 4 rings (SSSR count). The zero-order chi connectivity index (χ0) is 38.6. The third-order valence-corrected chi connectivity index (χ3v) is 8.89. The Hall–Kier alpha value is -1.86. The Morgan fingerprint density at radius 2 is 0.923 bits per heavy atom. The van der Waals surface area contributed by atoms with Crippen molar-refractivity contribution in [1.82, 2.24) is 0 Å². The van der Waals surface area contributed by atoms with Crippen LogP contribution in [0.25, 0.3) is 0 Å². The van der Waals surface area contributed by atoms with Gasteiger partial charge >= 0.3 is 11.9 Å². The van der Waals surface area contributed by atoms with Crippen molar-refractivity contribution < 1.29 is 113 Å². The monoisotopic (exact) mass is 765 g/mol. The summed E-state index contributed by atoms with van der Waals surface area (Å²) in [6.07, 6.45) is -38.0. The minimum atomic E-state index is -2.16. The highest BCUT2D eigenvalue weighted by Crippen LogP contribution is 2.35. The molecule has 13 N–H and O–H groups in total. The van der Waals surface area contributed by atoms with Crippen LogP contribution in [-0.4, -0.2) is 232 Å². The Labute approximate surface area is 294 Å². The van der Waals surface area contributed by atoms with Crippen LogP contribution in [0.4, 0.5) is 0 Å². The van der Waals surface area contributed by atoms with Crippen LogP contribution in [0.5, 0.6) is 0 Å². The van der Waals surface area contributed by atoms with Crippen molar-refractivity contribution in [1.29, 1.82) is 0 Å². The van der Waals surface area contributed by atoms with E-state index in [1.807, 2.05) is 0 Å². The van der Waals surface area contributed by atoms with E-state index in [0.29, 0.717) is 0 Å². The second-order valence-electron chi connectivity index (χ2n) is 12.2. The largest absolute Gasteiger partial charge is 0.467 e. The zero-order valence-corrected chi connectivity index (χ0v) is 27.8. The number of nitrogens with two attached hydrogens (primary N) is 1. The second kappa shape index (κ2) is 18.7. The van der Waals surface area contributed by atoms with E-state index in [4.69, 9.17) is 43.6 Å². The summed E-state index contributed by atoms with van der Waals surface area (Å²) in [5.74, 6) is -2.37. The Morgan fingerprint density at radius 1 is 0.519 bits per heavy atom. The quantitative estimate of drug-likeness (QED) is 0.0774. The lowest BCUT2D eigenvalue weighted by Gasteiger charge is -2.48. The molecule has 20 atom stereocenters. The van der Waals surface area contributed by atoms with Crippen molar-refractivity contribution >= 4 is 11.9 Å². The number of hydrogen-bond donors (Lipinski definition) is 12.